The van der Waals surface area contributed by atoms with Crippen molar-refractivity contribution in [2.45, 2.75) is 13.0 Å². The van der Waals surface area contributed by atoms with Gasteiger partial charge in [0.15, 0.2) is 17.6 Å². The van der Waals surface area contributed by atoms with E-state index in [9.17, 15) is 4.79 Å². The fourth-order valence-corrected chi connectivity index (χ4v) is 4.44. The third-order valence-corrected chi connectivity index (χ3v) is 6.00. The highest BCUT2D eigenvalue weighted by Gasteiger charge is 2.26. The minimum atomic E-state index is -0.222. The van der Waals surface area contributed by atoms with Gasteiger partial charge in [0.1, 0.15) is 16.5 Å². The number of fused-ring (bicyclic) bond motifs is 1. The number of para-hydroxylation sites is 2. The van der Waals surface area contributed by atoms with Gasteiger partial charge >= 0.3 is 0 Å². The Morgan fingerprint density at radius 2 is 1.93 bits per heavy atom. The molecule has 0 spiro atoms. The highest BCUT2D eigenvalue weighted by atomic mass is 35.5. The Hall–Kier alpha value is -2.57. The van der Waals surface area contributed by atoms with Gasteiger partial charge in [-0.1, -0.05) is 41.9 Å². The number of rotatable bonds is 4. The zero-order valence-electron chi connectivity index (χ0n) is 15.5. The van der Waals surface area contributed by atoms with Crippen LogP contribution in [0.5, 0.6) is 11.5 Å². The second-order valence-corrected chi connectivity index (χ2v) is 8.00. The molecule has 0 N–H and O–H groups in total. The third kappa shape index (κ3) is 3.70. The molecule has 144 valence electrons. The number of hydrogen-bond acceptors (Lipinski definition) is 5. The van der Waals surface area contributed by atoms with Crippen molar-refractivity contribution in [2.24, 2.45) is 0 Å². The molecule has 0 saturated heterocycles. The van der Waals surface area contributed by atoms with E-state index >= 15 is 0 Å². The van der Waals surface area contributed by atoms with Crippen molar-refractivity contribution in [3.8, 4) is 22.1 Å². The van der Waals surface area contributed by atoms with Crippen molar-refractivity contribution < 1.29 is 14.3 Å². The van der Waals surface area contributed by atoms with Crippen LogP contribution in [0.2, 0.25) is 5.02 Å². The van der Waals surface area contributed by atoms with Crippen LogP contribution in [0.1, 0.15) is 15.4 Å². The SMILES string of the molecule is Cc1nc(-c2ccccc2Cl)sc1C(=O)N(C)CC1COc2ccccc2O1. The van der Waals surface area contributed by atoms with E-state index in [1.54, 1.807) is 11.9 Å². The molecule has 5 nitrogen and oxygen atoms in total. The topological polar surface area (TPSA) is 51.7 Å². The summed E-state index contributed by atoms with van der Waals surface area (Å²) in [6, 6.07) is 15.0. The number of benzene rings is 2. The summed E-state index contributed by atoms with van der Waals surface area (Å²) in [5.41, 5.74) is 1.53. The normalized spacial score (nSPS) is 15.3. The summed E-state index contributed by atoms with van der Waals surface area (Å²) < 4.78 is 11.7. The molecule has 4 rings (SSSR count). The molecule has 7 heteroatoms. The third-order valence-electron chi connectivity index (χ3n) is 4.49. The fourth-order valence-electron chi connectivity index (χ4n) is 3.06. The first-order valence-corrected chi connectivity index (χ1v) is 10.1. The Labute approximate surface area is 172 Å². The lowest BCUT2D eigenvalue weighted by molar-refractivity contribution is 0.0523. The van der Waals surface area contributed by atoms with Gasteiger partial charge in [-0.05, 0) is 25.1 Å². The maximum Gasteiger partial charge on any atom is 0.265 e. The highest BCUT2D eigenvalue weighted by Crippen LogP contribution is 2.34. The molecule has 28 heavy (non-hydrogen) atoms. The second kappa shape index (κ2) is 7.81. The van der Waals surface area contributed by atoms with Gasteiger partial charge in [0.25, 0.3) is 5.91 Å². The van der Waals surface area contributed by atoms with Crippen LogP contribution in [0.15, 0.2) is 48.5 Å². The monoisotopic (exact) mass is 414 g/mol. The van der Waals surface area contributed by atoms with Gasteiger partial charge in [-0.2, -0.15) is 0 Å². The maximum atomic E-state index is 13.0. The maximum absolute atomic E-state index is 13.0. The Morgan fingerprint density at radius 1 is 1.21 bits per heavy atom. The molecule has 0 bridgehead atoms. The number of nitrogens with zero attached hydrogens (tertiary/aromatic N) is 2. The van der Waals surface area contributed by atoms with Gasteiger partial charge in [0, 0.05) is 12.6 Å². The first kappa shape index (κ1) is 18.8. The molecule has 0 saturated carbocycles. The summed E-state index contributed by atoms with van der Waals surface area (Å²) >= 11 is 7.63. The Morgan fingerprint density at radius 3 is 2.71 bits per heavy atom. The minimum Gasteiger partial charge on any atom is -0.486 e. The van der Waals surface area contributed by atoms with E-state index in [2.05, 4.69) is 4.98 Å². The molecular weight excluding hydrogens is 396 g/mol. The van der Waals surface area contributed by atoms with Crippen molar-refractivity contribution in [1.82, 2.24) is 9.88 Å². The largest absolute Gasteiger partial charge is 0.486 e. The van der Waals surface area contributed by atoms with Gasteiger partial charge < -0.3 is 14.4 Å². The van der Waals surface area contributed by atoms with Crippen LogP contribution in [0, 0.1) is 6.92 Å². The number of hydrogen-bond donors (Lipinski definition) is 0. The first-order valence-electron chi connectivity index (χ1n) is 8.89. The van der Waals surface area contributed by atoms with Crippen LogP contribution in [0.3, 0.4) is 0 Å². The van der Waals surface area contributed by atoms with Gasteiger partial charge in [-0.15, -0.1) is 11.3 Å². The summed E-state index contributed by atoms with van der Waals surface area (Å²) in [7, 11) is 1.76. The van der Waals surface area contributed by atoms with Gasteiger partial charge in [0.2, 0.25) is 0 Å². The van der Waals surface area contributed by atoms with Crippen molar-refractivity contribution in [1.29, 1.82) is 0 Å². The van der Waals surface area contributed by atoms with Gasteiger partial charge in [-0.3, -0.25) is 4.79 Å². The summed E-state index contributed by atoms with van der Waals surface area (Å²) in [6.07, 6.45) is -0.222. The van der Waals surface area contributed by atoms with Crippen LogP contribution >= 0.6 is 22.9 Å². The number of aryl methyl sites for hydroxylation is 1. The van der Waals surface area contributed by atoms with E-state index in [0.29, 0.717) is 34.5 Å². The lowest BCUT2D eigenvalue weighted by atomic mass is 10.2. The number of carbonyl (C=O) groups is 1. The Balaban J connectivity index is 1.48. The molecule has 1 unspecified atom stereocenters. The zero-order valence-corrected chi connectivity index (χ0v) is 17.1. The molecule has 2 heterocycles. The molecule has 1 amide bonds. The molecular formula is C21H19ClN2O3S. The smallest absolute Gasteiger partial charge is 0.265 e. The molecule has 1 aliphatic heterocycles. The van der Waals surface area contributed by atoms with Gasteiger partial charge in [0.05, 0.1) is 17.3 Å². The second-order valence-electron chi connectivity index (χ2n) is 6.60. The average Bonchev–Trinajstić information content (AvgIpc) is 3.09. The summed E-state index contributed by atoms with van der Waals surface area (Å²) in [4.78, 5) is 19.8. The van der Waals surface area contributed by atoms with Crippen LogP contribution in [0.4, 0.5) is 0 Å². The van der Waals surface area contributed by atoms with Crippen LogP contribution in [0.25, 0.3) is 10.6 Å². The molecule has 1 atom stereocenters. The van der Waals surface area contributed by atoms with E-state index in [0.717, 1.165) is 16.3 Å². The average molecular weight is 415 g/mol. The van der Waals surface area contributed by atoms with E-state index in [1.165, 1.54) is 11.3 Å². The fraction of sp³-hybridized carbons (Fsp3) is 0.238. The quantitative estimate of drug-likeness (QED) is 0.621. The van der Waals surface area contributed by atoms with E-state index in [-0.39, 0.29) is 12.0 Å². The number of ether oxygens (including phenoxy) is 2. The molecule has 1 aromatic heterocycles. The van der Waals surface area contributed by atoms with Crippen LogP contribution in [-0.4, -0.2) is 42.1 Å². The van der Waals surface area contributed by atoms with E-state index in [4.69, 9.17) is 21.1 Å². The highest BCUT2D eigenvalue weighted by molar-refractivity contribution is 7.17. The number of amides is 1. The molecule has 2 aromatic carbocycles. The summed E-state index contributed by atoms with van der Waals surface area (Å²) in [5.74, 6) is 1.35. The van der Waals surface area contributed by atoms with Crippen molar-refractivity contribution in [3.63, 3.8) is 0 Å². The van der Waals surface area contributed by atoms with Crippen molar-refractivity contribution in [3.05, 3.63) is 64.1 Å². The molecule has 1 aliphatic rings. The number of halogens is 1. The first-order chi connectivity index (χ1) is 13.5. The molecule has 0 fully saturated rings. The lowest BCUT2D eigenvalue weighted by Crippen LogP contribution is -2.41. The lowest BCUT2D eigenvalue weighted by Gasteiger charge is -2.29. The molecule has 0 aliphatic carbocycles. The number of carbonyl (C=O) groups excluding carboxylic acids is 1. The summed E-state index contributed by atoms with van der Waals surface area (Å²) in [5, 5.41) is 1.36. The Kier molecular flexibility index (Phi) is 5.24. The molecule has 3 aromatic rings. The summed E-state index contributed by atoms with van der Waals surface area (Å²) in [6.45, 7) is 2.67. The minimum absolute atomic E-state index is 0.0873. The number of thiazole rings is 1. The van der Waals surface area contributed by atoms with Crippen LogP contribution in [-0.2, 0) is 0 Å². The predicted octanol–water partition coefficient (Wildman–Crippen LogP) is 4.68. The zero-order chi connectivity index (χ0) is 19.7. The Bertz CT molecular complexity index is 1020. The van der Waals surface area contributed by atoms with E-state index in [1.807, 2.05) is 55.5 Å². The van der Waals surface area contributed by atoms with Crippen LogP contribution < -0.4 is 9.47 Å². The van der Waals surface area contributed by atoms with Crippen molar-refractivity contribution in [2.75, 3.05) is 20.2 Å². The predicted molar refractivity (Wildman–Crippen MR) is 111 cm³/mol. The standard InChI is InChI=1S/C21H19ClN2O3S/c1-13-19(28-20(23-13)15-7-3-4-8-16(15)22)21(25)24(2)11-14-12-26-17-9-5-6-10-18(17)27-14/h3-10,14H,11-12H2,1-2H3. The van der Waals surface area contributed by atoms with E-state index < -0.39 is 0 Å². The number of aromatic nitrogens is 1. The molecule has 0 radical (unpaired) electrons. The van der Waals surface area contributed by atoms with Crippen molar-refractivity contribution >= 4 is 28.8 Å². The number of likely N-dealkylation sites (N-methyl/N-ethyl adjacent to an activating group) is 1. The van der Waals surface area contributed by atoms with Gasteiger partial charge in [-0.25, -0.2) is 4.98 Å².